The van der Waals surface area contributed by atoms with E-state index in [-0.39, 0.29) is 6.61 Å². The van der Waals surface area contributed by atoms with Crippen molar-refractivity contribution in [3.8, 4) is 0 Å². The summed E-state index contributed by atoms with van der Waals surface area (Å²) in [6, 6.07) is -0.922. The van der Waals surface area contributed by atoms with Gasteiger partial charge < -0.3 is 25.6 Å². The third-order valence-electron chi connectivity index (χ3n) is 1.54. The molecule has 1 amide bonds. The molecule has 0 saturated carbocycles. The van der Waals surface area contributed by atoms with Crippen LogP contribution < -0.4 is 11.1 Å². The average molecular weight is 226 g/mol. The second kappa shape index (κ2) is 5.43. The van der Waals surface area contributed by atoms with Gasteiger partial charge in [-0.1, -0.05) is 0 Å². The van der Waals surface area contributed by atoms with Crippen LogP contribution in [-0.4, -0.2) is 41.2 Å². The standard InChI is InChI=1S/C6H15N2O5P/c1-4(14(10,11)12)8-6(9)5(7)3-13-2/h4-5H,3,7H2,1-2H3,(H,8,9)(H2,10,11,12). The number of methoxy groups -OCH3 is 1. The van der Waals surface area contributed by atoms with Crippen LogP contribution >= 0.6 is 7.60 Å². The predicted molar refractivity (Wildman–Crippen MR) is 49.5 cm³/mol. The first kappa shape index (κ1) is 13.5. The van der Waals surface area contributed by atoms with E-state index in [1.165, 1.54) is 14.0 Å². The van der Waals surface area contributed by atoms with E-state index in [4.69, 9.17) is 15.5 Å². The van der Waals surface area contributed by atoms with Crippen LogP contribution in [-0.2, 0) is 14.1 Å². The molecule has 0 aliphatic carbocycles. The largest absolute Gasteiger partial charge is 0.383 e. The Balaban J connectivity index is 4.13. The fourth-order valence-corrected chi connectivity index (χ4v) is 0.948. The summed E-state index contributed by atoms with van der Waals surface area (Å²) in [7, 11) is -2.92. The fraction of sp³-hybridized carbons (Fsp3) is 0.833. The molecule has 0 saturated heterocycles. The van der Waals surface area contributed by atoms with Crippen molar-refractivity contribution < 1.29 is 23.9 Å². The Bertz CT molecular complexity index is 240. The predicted octanol–water partition coefficient (Wildman–Crippen LogP) is -1.40. The number of amides is 1. The van der Waals surface area contributed by atoms with E-state index in [0.29, 0.717) is 0 Å². The number of nitrogens with two attached hydrogens (primary N) is 1. The number of carbonyl (C=O) groups is 1. The molecule has 0 heterocycles. The van der Waals surface area contributed by atoms with Gasteiger partial charge in [0.25, 0.3) is 0 Å². The molecule has 0 aromatic carbocycles. The Kier molecular flexibility index (Phi) is 5.25. The van der Waals surface area contributed by atoms with Crippen LogP contribution in [0.3, 0.4) is 0 Å². The van der Waals surface area contributed by atoms with Gasteiger partial charge in [0, 0.05) is 7.11 Å². The number of hydrogen-bond acceptors (Lipinski definition) is 4. The molecule has 2 atom stereocenters. The zero-order valence-electron chi connectivity index (χ0n) is 8.01. The fourth-order valence-electron chi connectivity index (χ4n) is 0.652. The average Bonchev–Trinajstić information content (AvgIpc) is 2.02. The first-order valence-electron chi connectivity index (χ1n) is 3.89. The molecule has 7 nitrogen and oxygen atoms in total. The molecule has 0 radical (unpaired) electrons. The van der Waals surface area contributed by atoms with Crippen LogP contribution in [0.4, 0.5) is 0 Å². The van der Waals surface area contributed by atoms with E-state index in [9.17, 15) is 9.36 Å². The van der Waals surface area contributed by atoms with Gasteiger partial charge >= 0.3 is 7.60 Å². The number of nitrogens with one attached hydrogen (secondary N) is 1. The second-order valence-corrected chi connectivity index (χ2v) is 4.79. The molecule has 5 N–H and O–H groups in total. The second-order valence-electron chi connectivity index (χ2n) is 2.84. The summed E-state index contributed by atoms with van der Waals surface area (Å²) in [5.74, 6) is -1.89. The Morgan fingerprint density at radius 1 is 1.64 bits per heavy atom. The molecule has 0 bridgehead atoms. The molecular weight excluding hydrogens is 211 g/mol. The summed E-state index contributed by atoms with van der Waals surface area (Å²) >= 11 is 0. The summed E-state index contributed by atoms with van der Waals surface area (Å²) in [5.41, 5.74) is 5.33. The smallest absolute Gasteiger partial charge is 0.347 e. The van der Waals surface area contributed by atoms with E-state index in [1.807, 2.05) is 0 Å². The highest BCUT2D eigenvalue weighted by Gasteiger charge is 2.27. The normalized spacial score (nSPS) is 16.1. The number of ether oxygens (including phenoxy) is 1. The molecule has 0 aliphatic heterocycles. The van der Waals surface area contributed by atoms with Gasteiger partial charge in [-0.3, -0.25) is 9.36 Å². The summed E-state index contributed by atoms with van der Waals surface area (Å²) < 4.78 is 15.3. The van der Waals surface area contributed by atoms with Crippen LogP contribution in [0.5, 0.6) is 0 Å². The Morgan fingerprint density at radius 2 is 2.14 bits per heavy atom. The van der Waals surface area contributed by atoms with Crippen molar-refractivity contribution in [2.45, 2.75) is 18.7 Å². The maximum absolute atomic E-state index is 11.1. The molecule has 84 valence electrons. The Labute approximate surface area is 81.8 Å². The lowest BCUT2D eigenvalue weighted by atomic mass is 10.3. The molecule has 8 heteroatoms. The van der Waals surface area contributed by atoms with Gasteiger partial charge in [-0.25, -0.2) is 0 Å². The lowest BCUT2D eigenvalue weighted by Crippen LogP contribution is -2.46. The molecule has 0 aromatic rings. The molecular formula is C6H15N2O5P. The number of rotatable bonds is 5. The van der Waals surface area contributed by atoms with Crippen LogP contribution in [0.2, 0.25) is 0 Å². The van der Waals surface area contributed by atoms with Gasteiger partial charge in [-0.15, -0.1) is 0 Å². The first-order valence-corrected chi connectivity index (χ1v) is 5.57. The summed E-state index contributed by atoms with van der Waals surface area (Å²) in [6.07, 6.45) is 0. The van der Waals surface area contributed by atoms with Crippen LogP contribution in [0.15, 0.2) is 0 Å². The van der Waals surface area contributed by atoms with Crippen LogP contribution in [0.1, 0.15) is 6.92 Å². The van der Waals surface area contributed by atoms with E-state index in [1.54, 1.807) is 0 Å². The zero-order chi connectivity index (χ0) is 11.4. The van der Waals surface area contributed by atoms with Crippen molar-refractivity contribution in [1.29, 1.82) is 0 Å². The minimum atomic E-state index is -4.30. The zero-order valence-corrected chi connectivity index (χ0v) is 8.90. The van der Waals surface area contributed by atoms with E-state index in [2.05, 4.69) is 10.1 Å². The maximum atomic E-state index is 11.1. The molecule has 0 aliphatic rings. The van der Waals surface area contributed by atoms with Crippen molar-refractivity contribution in [2.24, 2.45) is 5.73 Å². The molecule has 0 aromatic heterocycles. The molecule has 0 fully saturated rings. The third-order valence-corrected chi connectivity index (χ3v) is 2.68. The Morgan fingerprint density at radius 3 is 2.50 bits per heavy atom. The lowest BCUT2D eigenvalue weighted by Gasteiger charge is -2.17. The number of hydrogen-bond donors (Lipinski definition) is 4. The van der Waals surface area contributed by atoms with E-state index in [0.717, 1.165) is 0 Å². The summed E-state index contributed by atoms with van der Waals surface area (Å²) in [4.78, 5) is 28.5. The maximum Gasteiger partial charge on any atom is 0.347 e. The highest BCUT2D eigenvalue weighted by Crippen LogP contribution is 2.38. The van der Waals surface area contributed by atoms with Crippen LogP contribution in [0, 0.1) is 0 Å². The molecule has 2 unspecified atom stereocenters. The topological polar surface area (TPSA) is 122 Å². The van der Waals surface area contributed by atoms with Crippen molar-refractivity contribution in [3.05, 3.63) is 0 Å². The lowest BCUT2D eigenvalue weighted by molar-refractivity contribution is -0.123. The van der Waals surface area contributed by atoms with Crippen molar-refractivity contribution in [2.75, 3.05) is 13.7 Å². The molecule has 0 spiro atoms. The van der Waals surface area contributed by atoms with Gasteiger partial charge in [0.05, 0.1) is 6.61 Å². The van der Waals surface area contributed by atoms with Crippen molar-refractivity contribution >= 4 is 13.5 Å². The third kappa shape index (κ3) is 4.69. The van der Waals surface area contributed by atoms with Gasteiger partial charge in [0.2, 0.25) is 5.91 Å². The Hall–Kier alpha value is -0.460. The van der Waals surface area contributed by atoms with Crippen molar-refractivity contribution in [1.82, 2.24) is 5.32 Å². The highest BCUT2D eigenvalue weighted by molar-refractivity contribution is 7.52. The molecule has 0 rings (SSSR count). The van der Waals surface area contributed by atoms with Gasteiger partial charge in [0.15, 0.2) is 0 Å². The van der Waals surface area contributed by atoms with Gasteiger partial charge in [0.1, 0.15) is 11.8 Å². The highest BCUT2D eigenvalue weighted by atomic mass is 31.2. The monoisotopic (exact) mass is 226 g/mol. The van der Waals surface area contributed by atoms with Gasteiger partial charge in [-0.2, -0.15) is 0 Å². The van der Waals surface area contributed by atoms with Crippen LogP contribution in [0.25, 0.3) is 0 Å². The quantitative estimate of drug-likeness (QED) is 0.428. The summed E-state index contributed by atoms with van der Waals surface area (Å²) in [6.45, 7) is 1.21. The van der Waals surface area contributed by atoms with E-state index >= 15 is 0 Å². The molecule has 14 heavy (non-hydrogen) atoms. The summed E-state index contributed by atoms with van der Waals surface area (Å²) in [5, 5.41) is 2.10. The minimum Gasteiger partial charge on any atom is -0.383 e. The van der Waals surface area contributed by atoms with Gasteiger partial charge in [-0.05, 0) is 6.92 Å². The SMILES string of the molecule is COCC(N)C(=O)NC(C)P(=O)(O)O. The number of carbonyl (C=O) groups excluding carboxylic acids is 1. The minimum absolute atomic E-state index is 0.000286. The van der Waals surface area contributed by atoms with E-state index < -0.39 is 25.3 Å². The van der Waals surface area contributed by atoms with Crippen molar-refractivity contribution in [3.63, 3.8) is 0 Å². The first-order chi connectivity index (χ1) is 6.29.